The van der Waals surface area contributed by atoms with E-state index in [1.807, 2.05) is 71.7 Å². The van der Waals surface area contributed by atoms with Crippen molar-refractivity contribution in [2.24, 2.45) is 0 Å². The molecule has 0 radical (unpaired) electrons. The zero-order valence-corrected chi connectivity index (χ0v) is 90.6. The molecule has 32 nitrogen and oxygen atoms in total. The Hall–Kier alpha value is -7.69. The summed E-state index contributed by atoms with van der Waals surface area (Å²) in [5.74, 6) is -0.235. The van der Waals surface area contributed by atoms with Gasteiger partial charge in [-0.15, -0.1) is 27.9 Å². The molecular weight excluding hydrogens is 2250 g/mol. The van der Waals surface area contributed by atoms with Crippen LogP contribution in [0.25, 0.3) is 5.69 Å². The number of hydrogen-bond acceptors (Lipinski definition) is 29. The number of nitro groups is 3. The standard InChI is InChI=1S/C21H12Cl2N6O3S.C17H12Cl3N3S.2C9H8Cl2N2O3S.C9H10Cl2N2OS.C6H3Cl2NO3.C6H5Cl2NS.C3H6ClNS.Na.H2O/c22-14-8-13(29-21(32)25-20(31)16(10-24)28-29)9-15(23)18(14)33-17-7-12(19(30)27-26-17)6-11-4-2-1-3-5-11;18-13-8-12(21)9-14(19)16(13)24-15-7-11(17(20)23-22-15)6-10-4-2-1-3-5-10;1-12(2)9(17)16-8-6(10)3-5(13(14)15)4-7(8)11;1-12(2)9(14)17-8-6(10)3-5(13(15)16)4-7(8)11;1-13(2)9(14)15-8-6(10)3-5(12)4-7(8)11;7-4-1-3(9(11)12)2-5(8)6(4)10;7-4-1-3(9)2-5(8)6(4)10;1-5(2)3(4)6;;/h1-5,7-9H,6H2,(H,27,30)(H,25,31,32);1-5,7-9H,6,21H2;2*3-4H,1-2H3;3-4H,12H2,1-2H3;1-2,10H;1-2,10H,9H2;1-2H3;;1H2/q;;;;;;;;+1;/p-1. The van der Waals surface area contributed by atoms with Crippen molar-refractivity contribution in [3.63, 3.8) is 0 Å². The van der Waals surface area contributed by atoms with E-state index in [1.54, 1.807) is 115 Å². The van der Waals surface area contributed by atoms with Crippen molar-refractivity contribution < 1.29 is 69.2 Å². The molecule has 0 unspecified atom stereocenters. The van der Waals surface area contributed by atoms with E-state index in [4.69, 9.17) is 230 Å². The zero-order chi connectivity index (χ0) is 101. The number of thiocarbonyl (C=S) groups is 2. The van der Waals surface area contributed by atoms with Gasteiger partial charge in [0.05, 0.1) is 110 Å². The smallest absolute Gasteiger partial charge is 0.870 e. The number of benzene rings is 9. The number of hydrogen-bond donors (Lipinski definition) is 7. The van der Waals surface area contributed by atoms with Crippen molar-refractivity contribution >= 4 is 324 Å². The van der Waals surface area contributed by atoms with Gasteiger partial charge in [0, 0.05) is 133 Å². The van der Waals surface area contributed by atoms with Gasteiger partial charge in [0.2, 0.25) is 5.69 Å². The van der Waals surface area contributed by atoms with Crippen molar-refractivity contribution in [1.29, 1.82) is 5.26 Å². The number of non-ortho nitro benzene ring substituents is 3. The number of thioether (sulfide) groups is 2. The first-order valence-corrected chi connectivity index (χ1v) is 46.5. The number of thiol groups is 1. The summed E-state index contributed by atoms with van der Waals surface area (Å²) in [5, 5.41) is 72.1. The maximum atomic E-state index is 12.2. The van der Waals surface area contributed by atoms with Gasteiger partial charge in [-0.1, -0.05) is 270 Å². The Balaban J connectivity index is 0.000000416. The number of amides is 2. The van der Waals surface area contributed by atoms with Crippen molar-refractivity contribution in [3.05, 3.63) is 323 Å². The fourth-order valence-electron chi connectivity index (χ4n) is 9.06. The number of carbonyl (C=O) groups is 2. The van der Waals surface area contributed by atoms with Crippen LogP contribution < -0.4 is 68.3 Å². The maximum Gasteiger partial charge on any atom is 1.00 e. The van der Waals surface area contributed by atoms with Crippen molar-refractivity contribution in [2.75, 3.05) is 73.6 Å². The quantitative estimate of drug-likeness (QED) is 0.00577. The summed E-state index contributed by atoms with van der Waals surface area (Å²) in [6.45, 7) is 0. The molecule has 2 amide bonds. The number of phenolic OH excluding ortho intramolecular Hbond substituents is 1. The number of nitrogens with one attached hydrogen (secondary N) is 2. The number of anilines is 3. The molecule has 0 aliphatic rings. The van der Waals surface area contributed by atoms with Crippen LogP contribution in [0.2, 0.25) is 75.5 Å². The molecule has 0 saturated carbocycles. The largest absolute Gasteiger partial charge is 1.00 e. The molecule has 56 heteroatoms. The third-order valence-corrected chi connectivity index (χ3v) is 27.1. The van der Waals surface area contributed by atoms with E-state index < -0.39 is 31.7 Å². The molecule has 0 fully saturated rings. The number of H-pyrrole nitrogens is 2. The molecule has 0 bridgehead atoms. The number of carbonyl (C=O) groups excluding carboxylic acids is 2. The zero-order valence-electron chi connectivity index (χ0n) is 70.7. The Morgan fingerprint density at radius 3 is 1.23 bits per heavy atom. The van der Waals surface area contributed by atoms with E-state index in [0.29, 0.717) is 110 Å². The van der Waals surface area contributed by atoms with Crippen LogP contribution in [0.5, 0.6) is 11.5 Å². The Kier molecular flexibility index (Phi) is 53.3. The molecule has 12 rings (SSSR count). The summed E-state index contributed by atoms with van der Waals surface area (Å²) in [5.41, 5.74) is 18.8. The monoisotopic (exact) mass is 2310 g/mol. The van der Waals surface area contributed by atoms with Gasteiger partial charge in [-0.05, 0) is 125 Å². The molecule has 0 aliphatic heterocycles. The van der Waals surface area contributed by atoms with E-state index in [1.165, 1.54) is 45.8 Å². The Morgan fingerprint density at radius 1 is 0.507 bits per heavy atom. The van der Waals surface area contributed by atoms with Gasteiger partial charge in [-0.3, -0.25) is 54.5 Å². The molecule has 0 spiro atoms. The average Bonchev–Trinajstić information content (AvgIpc) is 0.746. The molecule has 9 aromatic carbocycles. The Morgan fingerprint density at radius 2 is 0.853 bits per heavy atom. The van der Waals surface area contributed by atoms with Gasteiger partial charge < -0.3 is 52.1 Å². The molecule has 12 aromatic rings. The Labute approximate surface area is 909 Å². The second-order valence-corrected chi connectivity index (χ2v) is 38.2. The van der Waals surface area contributed by atoms with Crippen LogP contribution in [0.3, 0.4) is 0 Å². The van der Waals surface area contributed by atoms with E-state index in [0.717, 1.165) is 80.9 Å². The second-order valence-electron chi connectivity index (χ2n) is 26.4. The minimum atomic E-state index is -0.890. The van der Waals surface area contributed by atoms with E-state index >= 15 is 0 Å². The molecule has 3 heterocycles. The number of halogens is 16. The van der Waals surface area contributed by atoms with Gasteiger partial charge in [0.25, 0.3) is 43.8 Å². The summed E-state index contributed by atoms with van der Waals surface area (Å²) < 4.78 is 6.46. The van der Waals surface area contributed by atoms with Gasteiger partial charge in [-0.25, -0.2) is 9.89 Å². The third-order valence-electron chi connectivity index (χ3n) is 15.4. The molecule has 136 heavy (non-hydrogen) atoms. The Bertz CT molecular complexity index is 6350. The topological polar surface area (TPSA) is 477 Å². The van der Waals surface area contributed by atoms with Crippen LogP contribution in [0, 0.1) is 41.7 Å². The number of ether oxygens (including phenoxy) is 1. The van der Waals surface area contributed by atoms with Crippen molar-refractivity contribution in [3.8, 4) is 23.3 Å². The minimum Gasteiger partial charge on any atom is -0.870 e. The number of aromatic nitrogens is 7. The number of nitrogen functional groups attached to an aromatic ring is 3. The summed E-state index contributed by atoms with van der Waals surface area (Å²) in [6, 6.07) is 43.9. The average molecular weight is 2320 g/mol. The van der Waals surface area contributed by atoms with Crippen LogP contribution >= 0.6 is 270 Å². The summed E-state index contributed by atoms with van der Waals surface area (Å²) in [6.07, 6.45) is 1.10. The first-order valence-electron chi connectivity index (χ1n) is 36.0. The number of nitro benzene ring substituents is 3. The number of rotatable bonds is 15. The number of aromatic hydroxyl groups is 1. The number of aromatic amines is 2. The second kappa shape index (κ2) is 59.1. The van der Waals surface area contributed by atoms with E-state index in [-0.39, 0.29) is 131 Å². The van der Waals surface area contributed by atoms with E-state index in [9.17, 15) is 54.3 Å². The molecule has 3 aromatic heterocycles. The van der Waals surface area contributed by atoms with Crippen LogP contribution in [-0.4, -0.2) is 157 Å². The predicted molar refractivity (Wildman–Crippen MR) is 556 cm³/mol. The number of nitrogens with two attached hydrogens (primary N) is 3. The fraction of sp³-hybridized carbons (Fsp3) is 0.125. The molecule has 0 saturated heterocycles. The third kappa shape index (κ3) is 39.4. The van der Waals surface area contributed by atoms with Crippen LogP contribution in [-0.2, 0) is 12.8 Å². The number of nitriles is 1. The normalized spacial score (nSPS) is 10.1. The summed E-state index contributed by atoms with van der Waals surface area (Å²) in [4.78, 5) is 98.9. The van der Waals surface area contributed by atoms with Crippen LogP contribution in [0.15, 0.2) is 207 Å². The molecule has 0 atom stereocenters. The van der Waals surface area contributed by atoms with E-state index in [2.05, 4.69) is 50.3 Å². The predicted octanol–water partition coefficient (Wildman–Crippen LogP) is 22.2. The van der Waals surface area contributed by atoms with Crippen LogP contribution in [0.4, 0.5) is 43.7 Å². The van der Waals surface area contributed by atoms with Crippen LogP contribution in [0.1, 0.15) is 27.9 Å². The molecule has 10 N–H and O–H groups in total. The molecular formula is C80H65Cl16N18NaO14S7. The van der Waals surface area contributed by atoms with Gasteiger partial charge in [0.15, 0.2) is 21.1 Å². The minimum absolute atomic E-state index is 0. The first kappa shape index (κ1) is 122. The maximum absolute atomic E-state index is 12.2. The van der Waals surface area contributed by atoms with Gasteiger partial charge >= 0.3 is 35.2 Å². The van der Waals surface area contributed by atoms with Gasteiger partial charge in [-0.2, -0.15) is 15.0 Å². The first-order chi connectivity index (χ1) is 62.7. The molecule has 0 aliphatic carbocycles. The van der Waals surface area contributed by atoms with Crippen molar-refractivity contribution in [2.45, 2.75) is 47.4 Å². The van der Waals surface area contributed by atoms with Crippen molar-refractivity contribution in [1.82, 2.24) is 54.8 Å². The summed E-state index contributed by atoms with van der Waals surface area (Å²) >= 11 is 112. The SMILES string of the molecule is CN(C)C(=O)Sc1c(Cl)cc(N)cc1Cl.CN(C)C(=O)Sc1c(Cl)cc([N+](=O)[O-])cc1Cl.CN(C)C(=S)Cl.CN(C)C(=S)Oc1c(Cl)cc([N+](=O)[O-])cc1Cl.N#Cc1nn(-c2cc(Cl)c(Sc3cc(Cc4ccccc4)c(=O)[nH]n3)c(Cl)c2)c(=O)[nH]c1=O.Nc1cc(Cl)c(S)c(Cl)c1.Nc1cc(Cl)c(Sc2cc(Cc3ccccc3)c(Cl)nn2)c(Cl)c1.O=[N+]([O-])c1cc(Cl)c(O)c(Cl)c1.[Na+].[OH-]. The number of phenols is 1. The number of nitrogens with zero attached hydrogens (tertiary/aromatic N) is 13. The van der Waals surface area contributed by atoms with Gasteiger partial charge in [0.1, 0.15) is 16.1 Å². The molecule has 714 valence electrons. The summed E-state index contributed by atoms with van der Waals surface area (Å²) in [7, 11) is 13.5. The fourth-order valence-corrected chi connectivity index (χ4v) is 16.8.